The Morgan fingerprint density at radius 1 is 1.21 bits per heavy atom. The second-order valence-corrected chi connectivity index (χ2v) is 8.45. The maximum atomic E-state index is 10.3. The summed E-state index contributed by atoms with van der Waals surface area (Å²) >= 11 is 13.5. The number of H-pyrrole nitrogens is 1. The third-order valence-electron chi connectivity index (χ3n) is 4.39. The molecule has 1 aliphatic rings. The maximum Gasteiger partial charge on any atom is 0.166 e. The van der Waals surface area contributed by atoms with Gasteiger partial charge in [0.05, 0.1) is 27.2 Å². The molecule has 0 aliphatic heterocycles. The zero-order chi connectivity index (χ0) is 19.7. The number of halogens is 2. The average Bonchev–Trinajstić information content (AvgIpc) is 3.06. The molecule has 1 aromatic heterocycles. The van der Waals surface area contributed by atoms with Gasteiger partial charge in [0.1, 0.15) is 12.4 Å². The van der Waals surface area contributed by atoms with Gasteiger partial charge < -0.3 is 14.8 Å². The summed E-state index contributed by atoms with van der Waals surface area (Å²) in [5.74, 6) is 1.19. The van der Waals surface area contributed by atoms with Crippen molar-refractivity contribution >= 4 is 52.1 Å². The molecule has 0 amide bonds. The number of aliphatic hydroxyl groups is 1. The zero-order valence-corrected chi connectivity index (χ0v) is 17.2. The number of aliphatic hydroxyl groups excluding tert-OH is 1. The number of rotatable bonds is 6. The minimum atomic E-state index is -0.628. The number of nitrogens with zero attached hydrogens (tertiary/aromatic N) is 1. The van der Waals surface area contributed by atoms with Gasteiger partial charge in [-0.25, -0.2) is 4.98 Å². The number of allylic oxidation sites excluding steroid dienone is 2. The van der Waals surface area contributed by atoms with E-state index >= 15 is 0 Å². The van der Waals surface area contributed by atoms with Crippen molar-refractivity contribution in [2.75, 3.05) is 12.4 Å². The van der Waals surface area contributed by atoms with Gasteiger partial charge in [0.25, 0.3) is 0 Å². The number of nitrogens with one attached hydrogen (secondary N) is 1. The molecule has 28 heavy (non-hydrogen) atoms. The fourth-order valence-corrected chi connectivity index (χ4v) is 4.07. The first-order valence-corrected chi connectivity index (χ1v) is 10.5. The molecule has 0 unspecified atom stereocenters. The molecular formula is C21H18Cl2N2O2S. The normalized spacial score (nSPS) is 14.3. The number of fused-ring (bicyclic) bond motifs is 2. The summed E-state index contributed by atoms with van der Waals surface area (Å²) in [6.07, 6.45) is 4.29. The Morgan fingerprint density at radius 3 is 2.89 bits per heavy atom. The number of hydrogen-bond acceptors (Lipinski definition) is 4. The van der Waals surface area contributed by atoms with Crippen LogP contribution in [0.1, 0.15) is 11.1 Å². The number of hydrogen-bond donors (Lipinski definition) is 2. The quantitative estimate of drug-likeness (QED) is 0.502. The maximum absolute atomic E-state index is 10.3. The van der Waals surface area contributed by atoms with Crippen molar-refractivity contribution in [1.29, 1.82) is 0 Å². The minimum Gasteiger partial charge on any atom is -0.491 e. The summed E-state index contributed by atoms with van der Waals surface area (Å²) in [5, 5.41) is 11.9. The summed E-state index contributed by atoms with van der Waals surface area (Å²) in [7, 11) is 0. The molecular weight excluding hydrogens is 415 g/mol. The lowest BCUT2D eigenvalue weighted by molar-refractivity contribution is 0.126. The highest BCUT2D eigenvalue weighted by molar-refractivity contribution is 7.99. The predicted octanol–water partition coefficient (Wildman–Crippen LogP) is 5.53. The van der Waals surface area contributed by atoms with E-state index in [-0.39, 0.29) is 6.61 Å². The highest BCUT2D eigenvalue weighted by Gasteiger charge is 2.12. The second kappa shape index (κ2) is 8.21. The molecule has 1 aliphatic carbocycles. The van der Waals surface area contributed by atoms with Gasteiger partial charge in [-0.05, 0) is 41.8 Å². The van der Waals surface area contributed by atoms with Crippen molar-refractivity contribution in [3.8, 4) is 5.75 Å². The smallest absolute Gasteiger partial charge is 0.166 e. The molecule has 0 saturated heterocycles. The van der Waals surface area contributed by atoms with Gasteiger partial charge in [-0.1, -0.05) is 65.3 Å². The van der Waals surface area contributed by atoms with Crippen LogP contribution in [0.2, 0.25) is 10.0 Å². The summed E-state index contributed by atoms with van der Waals surface area (Å²) in [5.41, 5.74) is 5.03. The Morgan fingerprint density at radius 2 is 2.04 bits per heavy atom. The van der Waals surface area contributed by atoms with Crippen molar-refractivity contribution in [2.24, 2.45) is 0 Å². The Balaban J connectivity index is 1.32. The van der Waals surface area contributed by atoms with E-state index in [1.54, 1.807) is 12.1 Å². The van der Waals surface area contributed by atoms with E-state index in [2.05, 4.69) is 16.5 Å². The second-order valence-electron chi connectivity index (χ2n) is 6.63. The van der Waals surface area contributed by atoms with Gasteiger partial charge in [0, 0.05) is 5.75 Å². The Labute approximate surface area is 177 Å². The standard InChI is InChI=1S/C21H18Cl2N2O2S/c1-12-2-3-14-7-16(5-4-13(14)6-12)27-10-15(26)11-28-21-24-19-8-17(22)18(23)9-20(19)25-21/h2-5,7-9,15,26H,1,6,10-11H2,(H,24,25)/t15-/m1/s1. The molecule has 4 rings (SSSR count). The van der Waals surface area contributed by atoms with Crippen LogP contribution in [0.15, 0.2) is 53.7 Å². The largest absolute Gasteiger partial charge is 0.491 e. The average molecular weight is 433 g/mol. The van der Waals surface area contributed by atoms with E-state index in [1.807, 2.05) is 30.4 Å². The highest BCUT2D eigenvalue weighted by atomic mass is 35.5. The Kier molecular flexibility index (Phi) is 5.69. The number of ether oxygens (including phenoxy) is 1. The first kappa shape index (κ1) is 19.4. The van der Waals surface area contributed by atoms with Crippen molar-refractivity contribution in [2.45, 2.75) is 17.7 Å². The van der Waals surface area contributed by atoms with Crippen molar-refractivity contribution in [3.05, 3.63) is 69.7 Å². The molecule has 1 atom stereocenters. The van der Waals surface area contributed by atoms with Gasteiger partial charge in [-0.15, -0.1) is 0 Å². The van der Waals surface area contributed by atoms with Gasteiger partial charge >= 0.3 is 0 Å². The van der Waals surface area contributed by atoms with Crippen LogP contribution < -0.4 is 4.74 Å². The lowest BCUT2D eigenvalue weighted by Gasteiger charge is -2.15. The summed E-state index contributed by atoms with van der Waals surface area (Å²) in [4.78, 5) is 7.63. The van der Waals surface area contributed by atoms with Gasteiger partial charge in [0.2, 0.25) is 0 Å². The van der Waals surface area contributed by atoms with Gasteiger partial charge in [-0.3, -0.25) is 0 Å². The van der Waals surface area contributed by atoms with Crippen LogP contribution in [0, 0.1) is 0 Å². The molecule has 4 nitrogen and oxygen atoms in total. The fourth-order valence-electron chi connectivity index (χ4n) is 2.96. The van der Waals surface area contributed by atoms with Crippen molar-refractivity contribution in [3.63, 3.8) is 0 Å². The Bertz CT molecular complexity index is 1040. The van der Waals surface area contributed by atoms with Crippen LogP contribution in [0.25, 0.3) is 17.1 Å². The third-order valence-corrected chi connectivity index (χ3v) is 6.13. The molecule has 0 spiro atoms. The zero-order valence-electron chi connectivity index (χ0n) is 14.9. The van der Waals surface area contributed by atoms with E-state index in [0.29, 0.717) is 21.0 Å². The van der Waals surface area contributed by atoms with E-state index in [9.17, 15) is 5.11 Å². The van der Waals surface area contributed by atoms with E-state index in [4.69, 9.17) is 27.9 Å². The number of aromatic amines is 1. The van der Waals surface area contributed by atoms with Crippen LogP contribution in [0.4, 0.5) is 0 Å². The summed E-state index contributed by atoms with van der Waals surface area (Å²) in [6.45, 7) is 4.20. The number of imidazole rings is 1. The van der Waals surface area contributed by atoms with Crippen LogP contribution >= 0.6 is 35.0 Å². The SMILES string of the molecule is C=C1C=Cc2cc(OC[C@@H](O)CSc3nc4cc(Cl)c(Cl)cc4[nH]3)ccc2C1. The van der Waals surface area contributed by atoms with Crippen LogP contribution in [-0.4, -0.2) is 33.5 Å². The molecule has 2 aromatic carbocycles. The van der Waals surface area contributed by atoms with Gasteiger partial charge in [0.15, 0.2) is 5.16 Å². The predicted molar refractivity (Wildman–Crippen MR) is 117 cm³/mol. The Hall–Kier alpha value is -1.92. The van der Waals surface area contributed by atoms with E-state index in [1.165, 1.54) is 17.3 Å². The first-order valence-electron chi connectivity index (χ1n) is 8.75. The number of thioether (sulfide) groups is 1. The van der Waals surface area contributed by atoms with Crippen molar-refractivity contribution < 1.29 is 9.84 Å². The first-order chi connectivity index (χ1) is 13.5. The van der Waals surface area contributed by atoms with E-state index < -0.39 is 6.10 Å². The van der Waals surface area contributed by atoms with Crippen LogP contribution in [0.3, 0.4) is 0 Å². The molecule has 1 heterocycles. The fraction of sp³-hybridized carbons (Fsp3) is 0.190. The summed E-state index contributed by atoms with van der Waals surface area (Å²) in [6, 6.07) is 9.43. The molecule has 0 saturated carbocycles. The molecule has 7 heteroatoms. The topological polar surface area (TPSA) is 58.1 Å². The lowest BCUT2D eigenvalue weighted by atomic mass is 9.94. The third kappa shape index (κ3) is 4.39. The molecule has 0 radical (unpaired) electrons. The summed E-state index contributed by atoms with van der Waals surface area (Å²) < 4.78 is 5.75. The number of benzene rings is 2. The lowest BCUT2D eigenvalue weighted by Crippen LogP contribution is -2.20. The molecule has 3 aromatic rings. The van der Waals surface area contributed by atoms with Crippen LogP contribution in [0.5, 0.6) is 5.75 Å². The molecule has 2 N–H and O–H groups in total. The van der Waals surface area contributed by atoms with Gasteiger partial charge in [-0.2, -0.15) is 0 Å². The number of aromatic nitrogens is 2. The highest BCUT2D eigenvalue weighted by Crippen LogP contribution is 2.29. The van der Waals surface area contributed by atoms with Crippen molar-refractivity contribution in [1.82, 2.24) is 9.97 Å². The molecule has 144 valence electrons. The molecule has 0 fully saturated rings. The molecule has 0 bridgehead atoms. The monoisotopic (exact) mass is 432 g/mol. The minimum absolute atomic E-state index is 0.208. The van der Waals surface area contributed by atoms with E-state index in [0.717, 1.165) is 34.3 Å². The van der Waals surface area contributed by atoms with Crippen LogP contribution in [-0.2, 0) is 6.42 Å².